The number of nitriles is 1. The van der Waals surface area contributed by atoms with E-state index in [0.717, 1.165) is 65.7 Å². The molecule has 0 aliphatic carbocycles. The van der Waals surface area contributed by atoms with E-state index in [4.69, 9.17) is 14.7 Å². The molecule has 0 spiro atoms. The Morgan fingerprint density at radius 3 is 2.47 bits per heavy atom. The van der Waals surface area contributed by atoms with E-state index in [2.05, 4.69) is 34.2 Å². The van der Waals surface area contributed by atoms with Crippen LogP contribution in [-0.2, 0) is 10.3 Å². The summed E-state index contributed by atoms with van der Waals surface area (Å²) in [6.07, 6.45) is 5.47. The van der Waals surface area contributed by atoms with Gasteiger partial charge in [-0.3, -0.25) is 4.98 Å². The molecule has 0 aromatic carbocycles. The van der Waals surface area contributed by atoms with Gasteiger partial charge in [-0.05, 0) is 50.2 Å². The monoisotopic (exact) mass is 424 g/mol. The quantitative estimate of drug-likeness (QED) is 0.487. The predicted molar refractivity (Wildman–Crippen MR) is 124 cm³/mol. The van der Waals surface area contributed by atoms with Crippen LogP contribution in [0.15, 0.2) is 61.1 Å². The van der Waals surface area contributed by atoms with Crippen molar-refractivity contribution in [1.82, 2.24) is 19.5 Å². The maximum atomic E-state index is 9.90. The predicted octanol–water partition coefficient (Wildman–Crippen LogP) is 4.26. The van der Waals surface area contributed by atoms with Gasteiger partial charge in [0.2, 0.25) is 0 Å². The van der Waals surface area contributed by atoms with Crippen molar-refractivity contribution < 1.29 is 4.74 Å². The molecule has 32 heavy (non-hydrogen) atoms. The molecule has 0 unspecified atom stereocenters. The summed E-state index contributed by atoms with van der Waals surface area (Å²) in [5.74, 6) is 0.940. The maximum Gasteiger partial charge on any atom is 0.141 e. The fraction of sp³-hybridized carbons (Fsp3) is 0.280. The molecule has 0 atom stereocenters. The van der Waals surface area contributed by atoms with Crippen molar-refractivity contribution in [2.75, 3.05) is 31.2 Å². The maximum absolute atomic E-state index is 9.90. The number of pyridine rings is 3. The molecule has 5 rings (SSSR count). The van der Waals surface area contributed by atoms with E-state index < -0.39 is 5.54 Å². The molecule has 160 valence electrons. The summed E-state index contributed by atoms with van der Waals surface area (Å²) in [5, 5.41) is 10.9. The number of rotatable bonds is 4. The Labute approximate surface area is 186 Å². The minimum absolute atomic E-state index is 0.721. The molecule has 5 heterocycles. The van der Waals surface area contributed by atoms with E-state index in [-0.39, 0.29) is 0 Å². The molecule has 4 aromatic heterocycles. The number of morpholine rings is 1. The lowest BCUT2D eigenvalue weighted by molar-refractivity contribution is 0.122. The summed E-state index contributed by atoms with van der Waals surface area (Å²) in [4.78, 5) is 16.1. The summed E-state index contributed by atoms with van der Waals surface area (Å²) in [7, 11) is 0. The standard InChI is InChI=1S/C25H24N6O/c1-25(2,17-26)31-22(18-6-7-23(28-15-18)30-9-11-32-12-10-30)14-19-13-20(16-29-24(19)31)21-5-3-4-8-27-21/h3-8,13-16H,9-12H2,1-2H3. The van der Waals surface area contributed by atoms with Crippen LogP contribution >= 0.6 is 0 Å². The largest absolute Gasteiger partial charge is 0.378 e. The average Bonchev–Trinajstić information content (AvgIpc) is 3.25. The molecule has 7 heteroatoms. The first-order chi connectivity index (χ1) is 15.6. The van der Waals surface area contributed by atoms with E-state index in [1.54, 1.807) is 6.20 Å². The summed E-state index contributed by atoms with van der Waals surface area (Å²) in [5.41, 5.74) is 3.66. The van der Waals surface area contributed by atoms with Crippen LogP contribution in [0.25, 0.3) is 33.5 Å². The van der Waals surface area contributed by atoms with Gasteiger partial charge in [-0.25, -0.2) is 9.97 Å². The zero-order valence-corrected chi connectivity index (χ0v) is 18.2. The number of fused-ring (bicyclic) bond motifs is 1. The lowest BCUT2D eigenvalue weighted by Gasteiger charge is -2.28. The van der Waals surface area contributed by atoms with E-state index >= 15 is 0 Å². The Kier molecular flexibility index (Phi) is 5.08. The third kappa shape index (κ3) is 3.59. The Balaban J connectivity index is 1.61. The summed E-state index contributed by atoms with van der Waals surface area (Å²) in [6.45, 7) is 6.93. The molecule has 0 N–H and O–H groups in total. The van der Waals surface area contributed by atoms with Gasteiger partial charge < -0.3 is 14.2 Å². The van der Waals surface area contributed by atoms with Crippen LogP contribution < -0.4 is 4.90 Å². The molecule has 4 aromatic rings. The zero-order chi connectivity index (χ0) is 22.1. The van der Waals surface area contributed by atoms with Crippen molar-refractivity contribution in [3.05, 3.63) is 61.1 Å². The van der Waals surface area contributed by atoms with E-state index in [1.165, 1.54) is 0 Å². The first-order valence-electron chi connectivity index (χ1n) is 10.7. The van der Waals surface area contributed by atoms with Gasteiger partial charge in [0.1, 0.15) is 17.0 Å². The third-order valence-electron chi connectivity index (χ3n) is 5.81. The second-order valence-electron chi connectivity index (χ2n) is 8.39. The van der Waals surface area contributed by atoms with Gasteiger partial charge in [-0.2, -0.15) is 5.26 Å². The summed E-state index contributed by atoms with van der Waals surface area (Å²) >= 11 is 0. The van der Waals surface area contributed by atoms with Gasteiger partial charge in [-0.15, -0.1) is 0 Å². The smallest absolute Gasteiger partial charge is 0.141 e. The molecule has 0 amide bonds. The van der Waals surface area contributed by atoms with Crippen LogP contribution in [0, 0.1) is 11.3 Å². The number of nitrogens with zero attached hydrogens (tertiary/aromatic N) is 6. The average molecular weight is 425 g/mol. The Bertz CT molecular complexity index is 1280. The lowest BCUT2D eigenvalue weighted by Crippen LogP contribution is -2.36. The molecular weight excluding hydrogens is 400 g/mol. The van der Waals surface area contributed by atoms with Crippen LogP contribution in [0.3, 0.4) is 0 Å². The molecular formula is C25H24N6O. The van der Waals surface area contributed by atoms with Crippen LogP contribution in [-0.4, -0.2) is 45.8 Å². The summed E-state index contributed by atoms with van der Waals surface area (Å²) < 4.78 is 7.44. The molecule has 1 aliphatic rings. The van der Waals surface area contributed by atoms with Gasteiger partial charge in [0, 0.05) is 48.2 Å². The lowest BCUT2D eigenvalue weighted by atomic mass is 10.1. The minimum Gasteiger partial charge on any atom is -0.378 e. The van der Waals surface area contributed by atoms with Gasteiger partial charge in [0.25, 0.3) is 0 Å². The van der Waals surface area contributed by atoms with Gasteiger partial charge in [-0.1, -0.05) is 6.07 Å². The van der Waals surface area contributed by atoms with Crippen LogP contribution in [0.4, 0.5) is 5.82 Å². The first kappa shape index (κ1) is 20.2. The highest BCUT2D eigenvalue weighted by molar-refractivity contribution is 5.87. The Morgan fingerprint density at radius 1 is 0.969 bits per heavy atom. The Hall–Kier alpha value is -3.76. The highest BCUT2D eigenvalue weighted by atomic mass is 16.5. The molecule has 0 radical (unpaired) electrons. The van der Waals surface area contributed by atoms with Crippen molar-refractivity contribution >= 4 is 16.9 Å². The fourth-order valence-corrected chi connectivity index (χ4v) is 4.11. The minimum atomic E-state index is -0.778. The molecule has 0 bridgehead atoms. The van der Waals surface area contributed by atoms with Crippen LogP contribution in [0.5, 0.6) is 0 Å². The van der Waals surface area contributed by atoms with Gasteiger partial charge >= 0.3 is 0 Å². The Morgan fingerprint density at radius 2 is 1.78 bits per heavy atom. The van der Waals surface area contributed by atoms with Crippen LogP contribution in [0.1, 0.15) is 13.8 Å². The van der Waals surface area contributed by atoms with Crippen molar-refractivity contribution in [2.24, 2.45) is 0 Å². The zero-order valence-electron chi connectivity index (χ0n) is 18.2. The molecule has 0 saturated carbocycles. The summed E-state index contributed by atoms with van der Waals surface area (Å²) in [6, 6.07) is 16.5. The van der Waals surface area contributed by atoms with E-state index in [9.17, 15) is 5.26 Å². The van der Waals surface area contributed by atoms with E-state index in [1.807, 2.05) is 55.1 Å². The molecule has 7 nitrogen and oxygen atoms in total. The second kappa shape index (κ2) is 8.06. The van der Waals surface area contributed by atoms with Crippen molar-refractivity contribution in [3.8, 4) is 28.6 Å². The highest BCUT2D eigenvalue weighted by Crippen LogP contribution is 2.34. The topological polar surface area (TPSA) is 79.9 Å². The third-order valence-corrected chi connectivity index (χ3v) is 5.81. The number of ether oxygens (including phenoxy) is 1. The van der Waals surface area contributed by atoms with Gasteiger partial charge in [0.15, 0.2) is 0 Å². The van der Waals surface area contributed by atoms with Gasteiger partial charge in [0.05, 0.1) is 30.7 Å². The number of anilines is 1. The number of hydrogen-bond acceptors (Lipinski definition) is 6. The van der Waals surface area contributed by atoms with Crippen molar-refractivity contribution in [2.45, 2.75) is 19.4 Å². The first-order valence-corrected chi connectivity index (χ1v) is 10.7. The normalized spacial score (nSPS) is 14.5. The van der Waals surface area contributed by atoms with Crippen LogP contribution in [0.2, 0.25) is 0 Å². The highest BCUT2D eigenvalue weighted by Gasteiger charge is 2.26. The molecule has 1 aliphatic heterocycles. The molecule has 1 fully saturated rings. The SMILES string of the molecule is CC(C)(C#N)n1c(-c2ccc(N3CCOCC3)nc2)cc2cc(-c3ccccn3)cnc21. The van der Waals surface area contributed by atoms with Crippen molar-refractivity contribution in [3.63, 3.8) is 0 Å². The fourth-order valence-electron chi connectivity index (χ4n) is 4.11. The number of hydrogen-bond donors (Lipinski definition) is 0. The second-order valence-corrected chi connectivity index (χ2v) is 8.39. The van der Waals surface area contributed by atoms with Crippen molar-refractivity contribution in [1.29, 1.82) is 5.26 Å². The molecule has 1 saturated heterocycles. The van der Waals surface area contributed by atoms with E-state index in [0.29, 0.717) is 0 Å². The number of aromatic nitrogens is 4.